The maximum atomic E-state index is 13.6. The van der Waals surface area contributed by atoms with E-state index in [1.807, 2.05) is 36.6 Å². The first-order valence-corrected chi connectivity index (χ1v) is 12.1. The Morgan fingerprint density at radius 3 is 2.17 bits per heavy atom. The number of carbonyl (C=O) groups is 2. The highest BCUT2D eigenvalue weighted by Crippen LogP contribution is 2.38. The number of amides is 1. The number of carbonyl (C=O) groups excluding carboxylic acids is 2. The third-order valence-corrected chi connectivity index (χ3v) is 7.15. The smallest absolute Gasteiger partial charge is 0.340 e. The number of hydrogen-bond acceptors (Lipinski definition) is 4. The van der Waals surface area contributed by atoms with Gasteiger partial charge >= 0.3 is 5.97 Å². The molecule has 6 nitrogen and oxygen atoms in total. The molecule has 0 spiro atoms. The Hall–Kier alpha value is -3.19. The zero-order valence-electron chi connectivity index (χ0n) is 20.3. The van der Waals surface area contributed by atoms with Crippen molar-refractivity contribution in [3.05, 3.63) is 91.3 Å². The van der Waals surface area contributed by atoms with Gasteiger partial charge in [-0.15, -0.1) is 0 Å². The summed E-state index contributed by atoms with van der Waals surface area (Å²) in [7, 11) is 2.84. The molecule has 36 heavy (non-hydrogen) atoms. The SMILES string of the molecule is COC(=O)C1=C(C)N(c2ccc(Cl)c(Cl)c2)C(=O)/C1=C\c1cc(C)n(-c2ccc(OC)c(Cl)c2)c1C. The molecule has 0 atom stereocenters. The van der Waals surface area contributed by atoms with Crippen LogP contribution in [0.1, 0.15) is 23.9 Å². The van der Waals surface area contributed by atoms with Crippen LogP contribution in [0.5, 0.6) is 5.75 Å². The Morgan fingerprint density at radius 1 is 0.889 bits per heavy atom. The summed E-state index contributed by atoms with van der Waals surface area (Å²) in [6, 6.07) is 12.3. The summed E-state index contributed by atoms with van der Waals surface area (Å²) in [6.07, 6.45) is 1.71. The van der Waals surface area contributed by atoms with E-state index < -0.39 is 5.97 Å². The van der Waals surface area contributed by atoms with Gasteiger partial charge < -0.3 is 14.0 Å². The Kier molecular flexibility index (Phi) is 7.23. The molecule has 2 heterocycles. The zero-order chi connectivity index (χ0) is 26.3. The quantitative estimate of drug-likeness (QED) is 0.257. The minimum absolute atomic E-state index is 0.186. The Labute approximate surface area is 224 Å². The van der Waals surface area contributed by atoms with Crippen molar-refractivity contribution in [2.45, 2.75) is 20.8 Å². The number of rotatable bonds is 5. The Balaban J connectivity index is 1.84. The molecule has 1 aromatic heterocycles. The third-order valence-electron chi connectivity index (χ3n) is 6.11. The zero-order valence-corrected chi connectivity index (χ0v) is 22.5. The van der Waals surface area contributed by atoms with Crippen molar-refractivity contribution in [3.63, 3.8) is 0 Å². The normalized spacial score (nSPS) is 14.7. The summed E-state index contributed by atoms with van der Waals surface area (Å²) in [5.41, 5.74) is 4.74. The first-order chi connectivity index (χ1) is 17.1. The number of esters is 1. The van der Waals surface area contributed by atoms with Gasteiger partial charge in [0.25, 0.3) is 5.91 Å². The number of nitrogens with zero attached hydrogens (tertiary/aromatic N) is 2. The van der Waals surface area contributed by atoms with Crippen molar-refractivity contribution < 1.29 is 19.1 Å². The van der Waals surface area contributed by atoms with Gasteiger partial charge in [0.05, 0.1) is 46.1 Å². The topological polar surface area (TPSA) is 60.8 Å². The fraction of sp³-hybridized carbons (Fsp3) is 0.185. The molecule has 2 aromatic carbocycles. The van der Waals surface area contributed by atoms with Gasteiger partial charge in [0.1, 0.15) is 5.75 Å². The highest BCUT2D eigenvalue weighted by atomic mass is 35.5. The van der Waals surface area contributed by atoms with Gasteiger partial charge in [-0.3, -0.25) is 9.69 Å². The van der Waals surface area contributed by atoms with E-state index in [4.69, 9.17) is 44.3 Å². The number of aryl methyl sites for hydroxylation is 1. The largest absolute Gasteiger partial charge is 0.495 e. The molecule has 1 amide bonds. The van der Waals surface area contributed by atoms with Crippen LogP contribution >= 0.6 is 34.8 Å². The van der Waals surface area contributed by atoms with E-state index in [-0.39, 0.29) is 17.1 Å². The average molecular weight is 546 g/mol. The molecule has 0 saturated heterocycles. The fourth-order valence-electron chi connectivity index (χ4n) is 4.40. The fourth-order valence-corrected chi connectivity index (χ4v) is 4.94. The highest BCUT2D eigenvalue weighted by Gasteiger charge is 2.38. The molecule has 1 aliphatic rings. The molecule has 0 radical (unpaired) electrons. The molecule has 0 fully saturated rings. The van der Waals surface area contributed by atoms with Crippen molar-refractivity contribution in [2.75, 3.05) is 19.1 Å². The second-order valence-electron chi connectivity index (χ2n) is 8.23. The number of ether oxygens (including phenoxy) is 2. The van der Waals surface area contributed by atoms with Crippen LogP contribution in [-0.4, -0.2) is 30.7 Å². The van der Waals surface area contributed by atoms with Gasteiger partial charge in [-0.1, -0.05) is 34.8 Å². The van der Waals surface area contributed by atoms with Crippen molar-refractivity contribution in [2.24, 2.45) is 0 Å². The van der Waals surface area contributed by atoms with E-state index in [0.717, 1.165) is 22.6 Å². The first-order valence-electron chi connectivity index (χ1n) is 10.9. The van der Waals surface area contributed by atoms with Gasteiger partial charge in [-0.05, 0) is 74.9 Å². The van der Waals surface area contributed by atoms with E-state index in [1.165, 1.54) is 12.0 Å². The van der Waals surface area contributed by atoms with Crippen molar-refractivity contribution in [3.8, 4) is 11.4 Å². The number of hydrogen-bond donors (Lipinski definition) is 0. The van der Waals surface area contributed by atoms with Crippen molar-refractivity contribution in [1.29, 1.82) is 0 Å². The molecule has 0 aliphatic carbocycles. The Bertz CT molecular complexity index is 1470. The second-order valence-corrected chi connectivity index (χ2v) is 9.45. The standard InChI is InChI=1S/C27H23Cl3N2O4/c1-14-10-17(15(2)31(14)18-7-9-24(35-4)23(30)13-18)11-20-25(27(34)36-5)16(3)32(26(20)33)19-6-8-21(28)22(29)12-19/h6-13H,1-5H3/b20-11-. The molecule has 0 N–H and O–H groups in total. The lowest BCUT2D eigenvalue weighted by Gasteiger charge is -2.18. The van der Waals surface area contributed by atoms with Crippen LogP contribution in [0.3, 0.4) is 0 Å². The molecule has 4 rings (SSSR count). The van der Waals surface area contributed by atoms with Gasteiger partial charge in [0, 0.05) is 22.8 Å². The first kappa shape index (κ1) is 25.9. The summed E-state index contributed by atoms with van der Waals surface area (Å²) in [5, 5.41) is 1.15. The second kappa shape index (κ2) is 10.1. The number of halogens is 3. The summed E-state index contributed by atoms with van der Waals surface area (Å²) in [4.78, 5) is 27.8. The minimum atomic E-state index is -0.606. The lowest BCUT2D eigenvalue weighted by atomic mass is 10.0. The minimum Gasteiger partial charge on any atom is -0.495 e. The van der Waals surface area contributed by atoms with E-state index in [9.17, 15) is 9.59 Å². The molecule has 3 aromatic rings. The Morgan fingerprint density at radius 2 is 1.56 bits per heavy atom. The van der Waals surface area contributed by atoms with Crippen LogP contribution in [-0.2, 0) is 14.3 Å². The summed E-state index contributed by atoms with van der Waals surface area (Å²) < 4.78 is 12.3. The lowest BCUT2D eigenvalue weighted by Crippen LogP contribution is -2.24. The molecule has 0 saturated carbocycles. The third kappa shape index (κ3) is 4.41. The van der Waals surface area contributed by atoms with Crippen LogP contribution in [0.25, 0.3) is 11.8 Å². The summed E-state index contributed by atoms with van der Waals surface area (Å²) in [6.45, 7) is 5.58. The molecular formula is C27H23Cl3N2O4. The number of aromatic nitrogens is 1. The van der Waals surface area contributed by atoms with Gasteiger partial charge in [0.2, 0.25) is 0 Å². The number of allylic oxidation sites excluding steroid dienone is 1. The molecule has 0 unspecified atom stereocenters. The predicted molar refractivity (Wildman–Crippen MR) is 143 cm³/mol. The van der Waals surface area contributed by atoms with Gasteiger partial charge in [-0.2, -0.15) is 0 Å². The molecule has 0 bridgehead atoms. The van der Waals surface area contributed by atoms with Crippen LogP contribution in [0, 0.1) is 13.8 Å². The van der Waals surface area contributed by atoms with Crippen molar-refractivity contribution in [1.82, 2.24) is 4.57 Å². The van der Waals surface area contributed by atoms with E-state index in [0.29, 0.717) is 32.2 Å². The molecule has 9 heteroatoms. The van der Waals surface area contributed by atoms with Gasteiger partial charge in [-0.25, -0.2) is 4.79 Å². The van der Waals surface area contributed by atoms with E-state index >= 15 is 0 Å². The molecular weight excluding hydrogens is 523 g/mol. The van der Waals surface area contributed by atoms with Crippen LogP contribution in [0.2, 0.25) is 15.1 Å². The lowest BCUT2D eigenvalue weighted by molar-refractivity contribution is -0.136. The number of benzene rings is 2. The van der Waals surface area contributed by atoms with Crippen LogP contribution < -0.4 is 9.64 Å². The average Bonchev–Trinajstić information content (AvgIpc) is 3.26. The summed E-state index contributed by atoms with van der Waals surface area (Å²) >= 11 is 18.6. The van der Waals surface area contributed by atoms with Crippen LogP contribution in [0.15, 0.2) is 59.3 Å². The van der Waals surface area contributed by atoms with Crippen LogP contribution in [0.4, 0.5) is 5.69 Å². The summed E-state index contributed by atoms with van der Waals surface area (Å²) in [5.74, 6) is -0.401. The van der Waals surface area contributed by atoms with Crippen molar-refractivity contribution >= 4 is 58.4 Å². The van der Waals surface area contributed by atoms with E-state index in [2.05, 4.69) is 0 Å². The maximum Gasteiger partial charge on any atom is 0.340 e. The predicted octanol–water partition coefficient (Wildman–Crippen LogP) is 6.94. The molecule has 1 aliphatic heterocycles. The van der Waals surface area contributed by atoms with Gasteiger partial charge in [0.15, 0.2) is 0 Å². The maximum absolute atomic E-state index is 13.6. The number of anilines is 1. The van der Waals surface area contributed by atoms with E-state index in [1.54, 1.807) is 44.4 Å². The monoisotopic (exact) mass is 544 g/mol. The molecule has 186 valence electrons. The number of methoxy groups -OCH3 is 2. The highest BCUT2D eigenvalue weighted by molar-refractivity contribution is 6.42.